The number of amides is 1. The molecule has 1 aromatic heterocycles. The Kier molecular flexibility index (Phi) is 9.39. The molecule has 0 aliphatic carbocycles. The van der Waals surface area contributed by atoms with Crippen molar-refractivity contribution in [1.29, 1.82) is 0 Å². The zero-order valence-corrected chi connectivity index (χ0v) is 21.1. The molecule has 2 aromatic carbocycles. The van der Waals surface area contributed by atoms with E-state index in [1.807, 2.05) is 0 Å². The van der Waals surface area contributed by atoms with Crippen LogP contribution in [0.3, 0.4) is 0 Å². The summed E-state index contributed by atoms with van der Waals surface area (Å²) in [6.45, 7) is 1.30. The van der Waals surface area contributed by atoms with E-state index in [2.05, 4.69) is 20.6 Å². The number of halogens is 3. The lowest BCUT2D eigenvalue weighted by molar-refractivity contribution is -0.141. The van der Waals surface area contributed by atoms with Crippen molar-refractivity contribution in [2.45, 2.75) is 19.6 Å². The summed E-state index contributed by atoms with van der Waals surface area (Å²) in [7, 11) is 1.32. The first-order valence-corrected chi connectivity index (χ1v) is 11.6. The molecular weight excluding hydrogens is 513 g/mol. The Bertz CT molecular complexity index is 1450. The van der Waals surface area contributed by atoms with Gasteiger partial charge >= 0.3 is 6.18 Å². The molecule has 39 heavy (non-hydrogen) atoms. The van der Waals surface area contributed by atoms with Crippen molar-refractivity contribution in [3.8, 4) is 5.75 Å². The molecule has 9 nitrogen and oxygen atoms in total. The lowest BCUT2D eigenvalue weighted by Crippen LogP contribution is -2.26. The molecule has 0 aliphatic rings. The number of rotatable bonds is 10. The molecule has 0 bridgehead atoms. The summed E-state index contributed by atoms with van der Waals surface area (Å²) < 4.78 is 44.9. The smallest absolute Gasteiger partial charge is 0.433 e. The van der Waals surface area contributed by atoms with Gasteiger partial charge in [0.1, 0.15) is 22.7 Å². The summed E-state index contributed by atoms with van der Waals surface area (Å²) in [6.07, 6.45) is -0.799. The second-order valence-corrected chi connectivity index (χ2v) is 8.13. The molecule has 3 aromatic rings. The van der Waals surface area contributed by atoms with Gasteiger partial charge in [-0.05, 0) is 55.1 Å². The quantitative estimate of drug-likeness (QED) is 0.167. The summed E-state index contributed by atoms with van der Waals surface area (Å²) in [5.41, 5.74) is 6.26. The topological polar surface area (TPSA) is 144 Å². The van der Waals surface area contributed by atoms with Gasteiger partial charge in [-0.2, -0.15) is 19.4 Å². The summed E-state index contributed by atoms with van der Waals surface area (Å²) in [4.78, 5) is 21.0. The number of aliphatic hydroxyl groups is 1. The Labute approximate surface area is 222 Å². The fraction of sp³-hybridized carbons (Fsp3) is 0.185. The van der Waals surface area contributed by atoms with Crippen LogP contribution >= 0.6 is 0 Å². The zero-order valence-electron chi connectivity index (χ0n) is 21.1. The van der Waals surface area contributed by atoms with E-state index in [1.54, 1.807) is 43.5 Å². The number of hydrogen-bond donors (Lipinski definition) is 4. The number of anilines is 1. The van der Waals surface area contributed by atoms with E-state index < -0.39 is 23.5 Å². The monoisotopic (exact) mass is 539 g/mol. The Morgan fingerprint density at radius 1 is 1.18 bits per heavy atom. The Balaban J connectivity index is 1.89. The highest BCUT2D eigenvalue weighted by atomic mass is 19.4. The Morgan fingerprint density at radius 3 is 2.51 bits per heavy atom. The van der Waals surface area contributed by atoms with Gasteiger partial charge in [0.15, 0.2) is 5.70 Å². The maximum atomic E-state index is 13.2. The second-order valence-electron chi connectivity index (χ2n) is 8.13. The number of aliphatic imine (C=N–C) groups is 1. The fourth-order valence-electron chi connectivity index (χ4n) is 3.57. The van der Waals surface area contributed by atoms with Crippen LogP contribution in [0.25, 0.3) is 16.3 Å². The summed E-state index contributed by atoms with van der Waals surface area (Å²) >= 11 is 0. The van der Waals surface area contributed by atoms with Crippen molar-refractivity contribution < 1.29 is 27.8 Å². The number of aromatic nitrogens is 1. The molecule has 0 unspecified atom stereocenters. The Hall–Kier alpha value is -4.71. The number of pyridine rings is 1. The van der Waals surface area contributed by atoms with Gasteiger partial charge in [0.25, 0.3) is 5.91 Å². The Morgan fingerprint density at radius 2 is 1.90 bits per heavy atom. The highest BCUT2D eigenvalue weighted by Gasteiger charge is 2.33. The number of nitrogens with one attached hydrogen (secondary N) is 2. The van der Waals surface area contributed by atoms with E-state index in [9.17, 15) is 23.1 Å². The third-order valence-corrected chi connectivity index (χ3v) is 5.52. The largest absolute Gasteiger partial charge is 0.811 e. The van der Waals surface area contributed by atoms with Crippen LogP contribution in [0.4, 0.5) is 18.9 Å². The van der Waals surface area contributed by atoms with Gasteiger partial charge < -0.3 is 31.6 Å². The van der Waals surface area contributed by atoms with Gasteiger partial charge in [0.05, 0.1) is 13.7 Å². The van der Waals surface area contributed by atoms with Crippen molar-refractivity contribution in [1.82, 2.24) is 10.3 Å². The van der Waals surface area contributed by atoms with Crippen molar-refractivity contribution in [3.63, 3.8) is 0 Å². The number of aliphatic hydroxyl groups excluding tert-OH is 1. The average molecular weight is 540 g/mol. The third-order valence-electron chi connectivity index (χ3n) is 5.52. The third kappa shape index (κ3) is 7.20. The van der Waals surface area contributed by atoms with Gasteiger partial charge in [-0.15, -0.1) is 0 Å². The van der Waals surface area contributed by atoms with E-state index in [0.29, 0.717) is 10.9 Å². The van der Waals surface area contributed by atoms with E-state index in [4.69, 9.17) is 15.9 Å². The molecule has 12 heteroatoms. The highest BCUT2D eigenvalue weighted by molar-refractivity contribution is 6.12. The van der Waals surface area contributed by atoms with Crippen LogP contribution in [0.5, 0.6) is 5.75 Å². The van der Waals surface area contributed by atoms with Crippen LogP contribution in [-0.2, 0) is 17.5 Å². The zero-order chi connectivity index (χ0) is 28.6. The standard InChI is InChI=1S/C27H26F3N6O3/c1-16(19-8-10-22(39-2)24-20(19)9-11-23(36-24)27(28,29)30)35-25(21(37)14-32)26(38)34-15-17-4-6-18(7-5-17)33-13-3-12-31/h3-13,33,37H,14-15,32H2,1-2H3,(H,34,38)/q-1/b13-3-,25-21-,35-16?. The number of nitrogens with zero attached hydrogens (tertiary/aromatic N) is 3. The van der Waals surface area contributed by atoms with E-state index >= 15 is 0 Å². The molecule has 0 saturated heterocycles. The molecule has 0 aliphatic heterocycles. The second kappa shape index (κ2) is 12.7. The molecule has 0 fully saturated rings. The van der Waals surface area contributed by atoms with Crippen molar-refractivity contribution >= 4 is 34.4 Å². The number of nitrogens with two attached hydrogens (primary N) is 1. The lowest BCUT2D eigenvalue weighted by Gasteiger charge is -2.13. The normalized spacial score (nSPS) is 12.8. The molecular formula is C27H26F3N6O3-. The molecule has 1 amide bonds. The SMILES string of the molecule is COc1ccc(C(C)=N/C(C(=O)NCc2ccc(N/C=C\C=[N-])cc2)=C(\O)CN)c2ccc(C(F)(F)F)nc12. The number of hydrogen-bond acceptors (Lipinski definition) is 7. The number of fused-ring (bicyclic) bond motifs is 1. The van der Waals surface area contributed by atoms with Crippen molar-refractivity contribution in [2.75, 3.05) is 19.0 Å². The van der Waals surface area contributed by atoms with Gasteiger partial charge in [0, 0.05) is 28.9 Å². The van der Waals surface area contributed by atoms with Crippen LogP contribution in [0.2, 0.25) is 0 Å². The first kappa shape index (κ1) is 28.9. The van der Waals surface area contributed by atoms with Gasteiger partial charge in [-0.3, -0.25) is 4.79 Å². The minimum absolute atomic E-state index is 0.0275. The van der Waals surface area contributed by atoms with Gasteiger partial charge in [0.2, 0.25) is 0 Å². The number of allylic oxidation sites excluding steroid dienone is 1. The van der Waals surface area contributed by atoms with Crippen molar-refractivity contribution in [3.05, 3.63) is 94.5 Å². The van der Waals surface area contributed by atoms with E-state index in [0.717, 1.165) is 23.5 Å². The van der Waals surface area contributed by atoms with Crippen LogP contribution in [0, 0.1) is 0 Å². The fourth-order valence-corrected chi connectivity index (χ4v) is 3.57. The van der Waals surface area contributed by atoms with Crippen LogP contribution in [0.1, 0.15) is 23.7 Å². The summed E-state index contributed by atoms with van der Waals surface area (Å²) in [5.74, 6) is -1.03. The molecule has 1 heterocycles. The predicted molar refractivity (Wildman–Crippen MR) is 145 cm³/mol. The minimum atomic E-state index is -4.65. The maximum absolute atomic E-state index is 13.2. The molecule has 0 saturated carbocycles. The van der Waals surface area contributed by atoms with Crippen LogP contribution < -0.4 is 21.1 Å². The van der Waals surface area contributed by atoms with Crippen LogP contribution in [0.15, 0.2) is 77.3 Å². The van der Waals surface area contributed by atoms with Crippen molar-refractivity contribution in [2.24, 2.45) is 10.7 Å². The number of carbonyl (C=O) groups excluding carboxylic acids is 1. The predicted octanol–water partition coefficient (Wildman–Crippen LogP) is 4.68. The summed E-state index contributed by atoms with van der Waals surface area (Å²) in [6, 6.07) is 12.2. The molecule has 0 radical (unpaired) electrons. The minimum Gasteiger partial charge on any atom is -0.811 e. The first-order chi connectivity index (χ1) is 18.6. The van der Waals surface area contributed by atoms with Crippen LogP contribution in [-0.4, -0.2) is 41.6 Å². The molecule has 204 valence electrons. The average Bonchev–Trinajstić information content (AvgIpc) is 2.93. The number of benzene rings is 2. The molecule has 5 N–H and O–H groups in total. The van der Waals surface area contributed by atoms with E-state index in [1.165, 1.54) is 25.3 Å². The lowest BCUT2D eigenvalue weighted by atomic mass is 10.0. The number of ether oxygens (including phenoxy) is 1. The number of methoxy groups -OCH3 is 1. The number of carbonyl (C=O) groups is 1. The summed E-state index contributed by atoms with van der Waals surface area (Å²) in [5, 5.41) is 24.9. The van der Waals surface area contributed by atoms with Gasteiger partial charge in [-0.25, -0.2) is 9.98 Å². The van der Waals surface area contributed by atoms with Gasteiger partial charge in [-0.1, -0.05) is 18.2 Å². The molecule has 3 rings (SSSR count). The van der Waals surface area contributed by atoms with E-state index in [-0.39, 0.29) is 35.8 Å². The number of alkyl halides is 3. The molecule has 0 spiro atoms. The maximum Gasteiger partial charge on any atom is 0.433 e. The highest BCUT2D eigenvalue weighted by Crippen LogP contribution is 2.33. The molecule has 0 atom stereocenters. The first-order valence-electron chi connectivity index (χ1n) is 11.6.